The molecule has 0 saturated heterocycles. The molecule has 21 heavy (non-hydrogen) atoms. The summed E-state index contributed by atoms with van der Waals surface area (Å²) >= 11 is 0. The molecule has 4 nitrogen and oxygen atoms in total. The van der Waals surface area contributed by atoms with Gasteiger partial charge in [0.1, 0.15) is 0 Å². The first-order valence-electron chi connectivity index (χ1n) is 6.80. The van der Waals surface area contributed by atoms with E-state index in [2.05, 4.69) is 10.6 Å². The van der Waals surface area contributed by atoms with E-state index in [1.165, 1.54) is 6.92 Å². The fraction of sp³-hybridized carbons (Fsp3) is 0.176. The Morgan fingerprint density at radius 3 is 2.24 bits per heavy atom. The first kappa shape index (κ1) is 14.8. The average molecular weight is 282 g/mol. The number of hydrogen-bond donors (Lipinski definition) is 2. The van der Waals surface area contributed by atoms with Crippen LogP contribution in [0.3, 0.4) is 0 Å². The molecule has 0 aliphatic heterocycles. The molecule has 0 saturated carbocycles. The molecule has 0 aliphatic rings. The molecule has 4 heteroatoms. The third-order valence-corrected chi connectivity index (χ3v) is 3.13. The highest BCUT2D eigenvalue weighted by Crippen LogP contribution is 2.17. The molecule has 2 aromatic rings. The number of carbonyl (C=O) groups is 2. The van der Waals surface area contributed by atoms with Crippen molar-refractivity contribution in [1.29, 1.82) is 0 Å². The Hall–Kier alpha value is -2.62. The van der Waals surface area contributed by atoms with Gasteiger partial charge in [-0.1, -0.05) is 42.5 Å². The number of para-hydroxylation sites is 1. The summed E-state index contributed by atoms with van der Waals surface area (Å²) in [5, 5.41) is 5.60. The van der Waals surface area contributed by atoms with Crippen LogP contribution in [0.4, 0.5) is 5.69 Å². The predicted octanol–water partition coefficient (Wildman–Crippen LogP) is 3.14. The molecular weight excluding hydrogens is 264 g/mol. The van der Waals surface area contributed by atoms with Crippen molar-refractivity contribution < 1.29 is 9.59 Å². The maximum absolute atomic E-state index is 12.4. The lowest BCUT2D eigenvalue weighted by atomic mass is 10.1. The number of benzene rings is 2. The summed E-state index contributed by atoms with van der Waals surface area (Å²) in [6.45, 7) is 3.34. The lowest BCUT2D eigenvalue weighted by Crippen LogP contribution is -2.27. The average Bonchev–Trinajstić information content (AvgIpc) is 2.48. The van der Waals surface area contributed by atoms with Gasteiger partial charge < -0.3 is 10.6 Å². The zero-order chi connectivity index (χ0) is 15.2. The van der Waals surface area contributed by atoms with Crippen LogP contribution in [0.1, 0.15) is 35.8 Å². The van der Waals surface area contributed by atoms with E-state index in [-0.39, 0.29) is 17.9 Å². The fourth-order valence-electron chi connectivity index (χ4n) is 2.08. The van der Waals surface area contributed by atoms with Gasteiger partial charge in [-0.3, -0.25) is 9.59 Å². The Balaban J connectivity index is 2.15. The topological polar surface area (TPSA) is 58.2 Å². The van der Waals surface area contributed by atoms with Gasteiger partial charge in [-0.25, -0.2) is 0 Å². The van der Waals surface area contributed by atoms with E-state index in [9.17, 15) is 9.59 Å². The summed E-state index contributed by atoms with van der Waals surface area (Å²) in [7, 11) is 0. The fourth-order valence-corrected chi connectivity index (χ4v) is 2.08. The largest absolute Gasteiger partial charge is 0.345 e. The van der Waals surface area contributed by atoms with Crippen LogP contribution >= 0.6 is 0 Å². The highest BCUT2D eigenvalue weighted by Gasteiger charge is 2.14. The van der Waals surface area contributed by atoms with Crippen molar-refractivity contribution in [2.24, 2.45) is 0 Å². The van der Waals surface area contributed by atoms with Crippen molar-refractivity contribution in [3.8, 4) is 0 Å². The van der Waals surface area contributed by atoms with E-state index in [1.54, 1.807) is 24.3 Å². The summed E-state index contributed by atoms with van der Waals surface area (Å²) in [6, 6.07) is 16.6. The van der Waals surface area contributed by atoms with Gasteiger partial charge in [0.2, 0.25) is 5.91 Å². The molecule has 0 aliphatic carbocycles. The van der Waals surface area contributed by atoms with Crippen molar-refractivity contribution in [2.45, 2.75) is 19.9 Å². The molecule has 0 bridgehead atoms. The van der Waals surface area contributed by atoms with Crippen molar-refractivity contribution in [1.82, 2.24) is 5.32 Å². The Labute approximate surface area is 124 Å². The van der Waals surface area contributed by atoms with E-state index in [4.69, 9.17) is 0 Å². The van der Waals surface area contributed by atoms with Gasteiger partial charge in [-0.05, 0) is 24.6 Å². The molecule has 0 radical (unpaired) electrons. The van der Waals surface area contributed by atoms with Gasteiger partial charge in [0, 0.05) is 6.92 Å². The summed E-state index contributed by atoms with van der Waals surface area (Å²) < 4.78 is 0. The summed E-state index contributed by atoms with van der Waals surface area (Å²) in [5.74, 6) is -0.415. The molecule has 1 atom stereocenters. The molecule has 2 rings (SSSR count). The van der Waals surface area contributed by atoms with Crippen LogP contribution in [0.2, 0.25) is 0 Å². The Morgan fingerprint density at radius 2 is 1.57 bits per heavy atom. The molecule has 0 fully saturated rings. The van der Waals surface area contributed by atoms with Crippen LogP contribution in [0.25, 0.3) is 0 Å². The first-order chi connectivity index (χ1) is 10.1. The van der Waals surface area contributed by atoms with Gasteiger partial charge in [0.15, 0.2) is 0 Å². The maximum Gasteiger partial charge on any atom is 0.253 e. The number of hydrogen-bond acceptors (Lipinski definition) is 2. The Bertz CT molecular complexity index is 638. The van der Waals surface area contributed by atoms with Crippen molar-refractivity contribution in [3.05, 3.63) is 65.7 Å². The lowest BCUT2D eigenvalue weighted by Gasteiger charge is -2.16. The third kappa shape index (κ3) is 3.92. The maximum atomic E-state index is 12.4. The summed E-state index contributed by atoms with van der Waals surface area (Å²) in [4.78, 5) is 23.6. The van der Waals surface area contributed by atoms with Gasteiger partial charge >= 0.3 is 0 Å². The van der Waals surface area contributed by atoms with E-state index in [0.717, 1.165) is 5.56 Å². The van der Waals surface area contributed by atoms with Crippen LogP contribution in [0.5, 0.6) is 0 Å². The van der Waals surface area contributed by atoms with Gasteiger partial charge in [-0.2, -0.15) is 0 Å². The molecule has 2 aromatic carbocycles. The second-order valence-electron chi connectivity index (χ2n) is 4.83. The molecule has 0 aromatic heterocycles. The van der Waals surface area contributed by atoms with Crippen molar-refractivity contribution >= 4 is 17.5 Å². The summed E-state index contributed by atoms with van der Waals surface area (Å²) in [5.41, 5.74) is 2.00. The number of amides is 2. The highest BCUT2D eigenvalue weighted by atomic mass is 16.2. The number of rotatable bonds is 4. The normalized spacial score (nSPS) is 11.5. The zero-order valence-corrected chi connectivity index (χ0v) is 12.1. The van der Waals surface area contributed by atoms with Crippen LogP contribution in [-0.2, 0) is 4.79 Å². The second kappa shape index (κ2) is 6.70. The van der Waals surface area contributed by atoms with Gasteiger partial charge in [0.25, 0.3) is 5.91 Å². The molecule has 2 amide bonds. The minimum Gasteiger partial charge on any atom is -0.345 e. The standard InChI is InChI=1S/C17H18N2O2/c1-12(14-8-4-3-5-9-14)18-17(21)15-10-6-7-11-16(15)19-13(2)20/h3-12H,1-2H3,(H,18,21)(H,19,20)/t12-/m1/s1. The zero-order valence-electron chi connectivity index (χ0n) is 12.1. The van der Waals surface area contributed by atoms with Gasteiger partial charge in [0.05, 0.1) is 17.3 Å². The first-order valence-corrected chi connectivity index (χ1v) is 6.80. The van der Waals surface area contributed by atoms with Crippen LogP contribution < -0.4 is 10.6 Å². The van der Waals surface area contributed by atoms with E-state index in [1.807, 2.05) is 37.3 Å². The van der Waals surface area contributed by atoms with Crippen LogP contribution in [-0.4, -0.2) is 11.8 Å². The quantitative estimate of drug-likeness (QED) is 0.905. The Kier molecular flexibility index (Phi) is 4.72. The molecule has 0 spiro atoms. The molecule has 0 unspecified atom stereocenters. The Morgan fingerprint density at radius 1 is 0.952 bits per heavy atom. The number of anilines is 1. The van der Waals surface area contributed by atoms with Gasteiger partial charge in [-0.15, -0.1) is 0 Å². The third-order valence-electron chi connectivity index (χ3n) is 3.13. The van der Waals surface area contributed by atoms with Crippen molar-refractivity contribution in [3.63, 3.8) is 0 Å². The second-order valence-corrected chi connectivity index (χ2v) is 4.83. The predicted molar refractivity (Wildman–Crippen MR) is 83.1 cm³/mol. The molecule has 108 valence electrons. The highest BCUT2D eigenvalue weighted by molar-refractivity contribution is 6.03. The minimum absolute atomic E-state index is 0.107. The lowest BCUT2D eigenvalue weighted by molar-refractivity contribution is -0.114. The monoisotopic (exact) mass is 282 g/mol. The van der Waals surface area contributed by atoms with Crippen molar-refractivity contribution in [2.75, 3.05) is 5.32 Å². The molecular formula is C17H18N2O2. The molecule has 2 N–H and O–H groups in total. The number of nitrogens with one attached hydrogen (secondary N) is 2. The SMILES string of the molecule is CC(=O)Nc1ccccc1C(=O)N[C@H](C)c1ccccc1. The smallest absolute Gasteiger partial charge is 0.253 e. The van der Waals surface area contributed by atoms with E-state index >= 15 is 0 Å². The van der Waals surface area contributed by atoms with Crippen LogP contribution in [0.15, 0.2) is 54.6 Å². The number of carbonyl (C=O) groups excluding carboxylic acids is 2. The minimum atomic E-state index is -0.212. The molecule has 0 heterocycles. The summed E-state index contributed by atoms with van der Waals surface area (Å²) in [6.07, 6.45) is 0. The van der Waals surface area contributed by atoms with E-state index in [0.29, 0.717) is 11.3 Å². The van der Waals surface area contributed by atoms with Crippen LogP contribution in [0, 0.1) is 0 Å². The van der Waals surface area contributed by atoms with E-state index < -0.39 is 0 Å².